The van der Waals surface area contributed by atoms with Gasteiger partial charge in [-0.2, -0.15) is 0 Å². The lowest BCUT2D eigenvalue weighted by Gasteiger charge is -2.54. The molecule has 0 radical (unpaired) electrons. The smallest absolute Gasteiger partial charge is 0.367 e. The van der Waals surface area contributed by atoms with Crippen LogP contribution >= 0.6 is 17.0 Å². The molecule has 29 heavy (non-hydrogen) atoms. The van der Waals surface area contributed by atoms with Crippen LogP contribution in [0.1, 0.15) is 0 Å². The Morgan fingerprint density at radius 3 is 1.24 bits per heavy atom. The van der Waals surface area contributed by atoms with Gasteiger partial charge < -0.3 is 18.4 Å². The SMILES string of the molecule is Br.O=C(C[N+]12CC[N+](CC(=O)Oc3ccccc3)(CC1)CC2)Oc1ccccc1. The minimum Gasteiger partial charge on any atom is -0.422 e. The third kappa shape index (κ3) is 5.23. The van der Waals surface area contributed by atoms with Crippen LogP contribution in [0.25, 0.3) is 0 Å². The summed E-state index contributed by atoms with van der Waals surface area (Å²) in [5.41, 5.74) is 0. The predicted molar refractivity (Wildman–Crippen MR) is 114 cm³/mol. The molecule has 5 rings (SSSR count). The third-order valence-electron chi connectivity index (χ3n) is 6.02. The third-order valence-corrected chi connectivity index (χ3v) is 6.02. The second kappa shape index (κ2) is 9.07. The zero-order valence-corrected chi connectivity index (χ0v) is 18.1. The van der Waals surface area contributed by atoms with Gasteiger partial charge in [-0.05, 0) is 24.3 Å². The van der Waals surface area contributed by atoms with Gasteiger partial charge in [0.05, 0.1) is 0 Å². The molecule has 3 aliphatic heterocycles. The van der Waals surface area contributed by atoms with E-state index >= 15 is 0 Å². The molecule has 0 unspecified atom stereocenters. The van der Waals surface area contributed by atoms with Gasteiger partial charge in [-0.3, -0.25) is 0 Å². The molecule has 0 N–H and O–H groups in total. The van der Waals surface area contributed by atoms with Crippen LogP contribution in [0.3, 0.4) is 0 Å². The van der Waals surface area contributed by atoms with Crippen LogP contribution in [0.5, 0.6) is 11.5 Å². The Labute approximate surface area is 181 Å². The fraction of sp³-hybridized carbons (Fsp3) is 0.364. The van der Waals surface area contributed by atoms with Crippen LogP contribution in [0.15, 0.2) is 60.7 Å². The second-order valence-corrected chi connectivity index (χ2v) is 7.92. The molecule has 0 aliphatic carbocycles. The van der Waals surface area contributed by atoms with Gasteiger partial charge in [-0.25, -0.2) is 9.59 Å². The molecule has 0 amide bonds. The van der Waals surface area contributed by atoms with Gasteiger partial charge in [0.1, 0.15) is 50.8 Å². The highest BCUT2D eigenvalue weighted by molar-refractivity contribution is 8.93. The van der Waals surface area contributed by atoms with E-state index < -0.39 is 0 Å². The van der Waals surface area contributed by atoms with Crippen LogP contribution in [0, 0.1) is 0 Å². The maximum Gasteiger partial charge on any atom is 0.367 e. The number of halogens is 1. The molecule has 0 saturated carbocycles. The maximum atomic E-state index is 12.4. The molecule has 0 atom stereocenters. The van der Waals surface area contributed by atoms with Crippen molar-refractivity contribution in [1.29, 1.82) is 0 Å². The highest BCUT2D eigenvalue weighted by Gasteiger charge is 2.51. The molecule has 7 heteroatoms. The van der Waals surface area contributed by atoms with E-state index in [2.05, 4.69) is 0 Å². The first-order valence-corrected chi connectivity index (χ1v) is 9.78. The van der Waals surface area contributed by atoms with Gasteiger partial charge in [0.25, 0.3) is 0 Å². The summed E-state index contributed by atoms with van der Waals surface area (Å²) in [5, 5.41) is 0. The maximum absolute atomic E-state index is 12.4. The largest absolute Gasteiger partial charge is 0.422 e. The molecule has 154 valence electrons. The molecule has 2 aromatic carbocycles. The highest BCUT2D eigenvalue weighted by Crippen LogP contribution is 2.27. The van der Waals surface area contributed by atoms with Crippen molar-refractivity contribution in [1.82, 2.24) is 0 Å². The minimum atomic E-state index is -0.184. The van der Waals surface area contributed by atoms with Gasteiger partial charge in [-0.15, -0.1) is 17.0 Å². The monoisotopic (exact) mass is 462 g/mol. The number of carbonyl (C=O) groups is 2. The summed E-state index contributed by atoms with van der Waals surface area (Å²) >= 11 is 0. The van der Waals surface area contributed by atoms with Crippen molar-refractivity contribution in [2.75, 3.05) is 52.4 Å². The van der Waals surface area contributed by atoms with E-state index in [1.807, 2.05) is 36.4 Å². The quantitative estimate of drug-likeness (QED) is 0.375. The molecule has 6 nitrogen and oxygen atoms in total. The van der Waals surface area contributed by atoms with E-state index in [0.717, 1.165) is 48.2 Å². The molecule has 2 aromatic rings. The van der Waals surface area contributed by atoms with E-state index in [-0.39, 0.29) is 28.9 Å². The number of fused-ring (bicyclic) bond motifs is 3. The standard InChI is InChI=1S/C22H26N2O4.BrH/c25-21(27-19-7-3-1-4-8-19)17-23-11-14-24(15-12-23,16-13-23)18-22(26)28-20-9-5-2-6-10-20;/h1-10H,11-18H2;1H/q+2;. The lowest BCUT2D eigenvalue weighted by atomic mass is 10.1. The number of ether oxygens (including phenoxy) is 2. The molecule has 0 spiro atoms. The van der Waals surface area contributed by atoms with Gasteiger partial charge >= 0.3 is 11.9 Å². The highest BCUT2D eigenvalue weighted by atomic mass is 79.9. The first kappa shape index (κ1) is 21.5. The van der Waals surface area contributed by atoms with E-state index in [1.165, 1.54) is 0 Å². The predicted octanol–water partition coefficient (Wildman–Crippen LogP) is 2.44. The summed E-state index contributed by atoms with van der Waals surface area (Å²) in [5.74, 6) is 0.815. The normalized spacial score (nSPS) is 25.0. The Morgan fingerprint density at radius 2 is 0.931 bits per heavy atom. The number of esters is 2. The summed E-state index contributed by atoms with van der Waals surface area (Å²) in [7, 11) is 0. The topological polar surface area (TPSA) is 52.6 Å². The number of quaternary nitrogens is 2. The van der Waals surface area contributed by atoms with Crippen molar-refractivity contribution in [3.8, 4) is 11.5 Å². The second-order valence-electron chi connectivity index (χ2n) is 7.92. The van der Waals surface area contributed by atoms with Gasteiger partial charge in [0.2, 0.25) is 0 Å². The Balaban J connectivity index is 0.00000240. The summed E-state index contributed by atoms with van der Waals surface area (Å²) in [6.45, 7) is 6.13. The Kier molecular flexibility index (Phi) is 6.72. The molecule has 0 aromatic heterocycles. The number of piperazine rings is 3. The van der Waals surface area contributed by atoms with Crippen molar-refractivity contribution >= 4 is 28.9 Å². The van der Waals surface area contributed by atoms with Crippen LogP contribution < -0.4 is 9.47 Å². The molecule has 3 fully saturated rings. The van der Waals surface area contributed by atoms with Crippen molar-refractivity contribution in [3.63, 3.8) is 0 Å². The van der Waals surface area contributed by atoms with Crippen LogP contribution in [0.2, 0.25) is 0 Å². The van der Waals surface area contributed by atoms with Crippen molar-refractivity contribution in [2.24, 2.45) is 0 Å². The summed E-state index contributed by atoms with van der Waals surface area (Å²) in [6.07, 6.45) is 0. The van der Waals surface area contributed by atoms with E-state index in [0.29, 0.717) is 24.6 Å². The summed E-state index contributed by atoms with van der Waals surface area (Å²) < 4.78 is 12.5. The number of rotatable bonds is 6. The zero-order chi connectivity index (χ0) is 19.5. The van der Waals surface area contributed by atoms with E-state index in [4.69, 9.17) is 9.47 Å². The number of hydrogen-bond acceptors (Lipinski definition) is 4. The number of para-hydroxylation sites is 2. The minimum absolute atomic E-state index is 0. The summed E-state index contributed by atoms with van der Waals surface area (Å²) in [4.78, 5) is 24.8. The Hall–Kier alpha value is -2.22. The first-order valence-electron chi connectivity index (χ1n) is 9.78. The van der Waals surface area contributed by atoms with Gasteiger partial charge in [0, 0.05) is 0 Å². The van der Waals surface area contributed by atoms with Crippen LogP contribution in [-0.4, -0.2) is 73.3 Å². The Bertz CT molecular complexity index is 748. The lowest BCUT2D eigenvalue weighted by Crippen LogP contribution is -2.76. The molecule has 3 heterocycles. The van der Waals surface area contributed by atoms with Gasteiger partial charge in [-0.1, -0.05) is 36.4 Å². The number of hydrogen-bond donors (Lipinski definition) is 0. The average molecular weight is 463 g/mol. The number of carbonyl (C=O) groups excluding carboxylic acids is 2. The van der Waals surface area contributed by atoms with Crippen LogP contribution in [0.4, 0.5) is 0 Å². The molecular weight excluding hydrogens is 436 g/mol. The van der Waals surface area contributed by atoms with E-state index in [9.17, 15) is 9.59 Å². The van der Waals surface area contributed by atoms with Gasteiger partial charge in [0.15, 0.2) is 13.1 Å². The van der Waals surface area contributed by atoms with Crippen LogP contribution in [-0.2, 0) is 9.59 Å². The lowest BCUT2D eigenvalue weighted by molar-refractivity contribution is -1.07. The van der Waals surface area contributed by atoms with Crippen molar-refractivity contribution in [2.45, 2.75) is 0 Å². The molecule has 3 aliphatic rings. The Morgan fingerprint density at radius 1 is 0.621 bits per heavy atom. The molecule has 2 bridgehead atoms. The molecule has 3 saturated heterocycles. The average Bonchev–Trinajstić information content (AvgIpc) is 2.70. The zero-order valence-electron chi connectivity index (χ0n) is 16.4. The fourth-order valence-corrected chi connectivity index (χ4v) is 4.27. The van der Waals surface area contributed by atoms with Crippen molar-refractivity contribution < 1.29 is 28.0 Å². The summed E-state index contributed by atoms with van der Waals surface area (Å²) in [6, 6.07) is 18.4. The fourth-order valence-electron chi connectivity index (χ4n) is 4.27. The van der Waals surface area contributed by atoms with Crippen molar-refractivity contribution in [3.05, 3.63) is 60.7 Å². The van der Waals surface area contributed by atoms with E-state index in [1.54, 1.807) is 24.3 Å². The molecular formula is C22H27BrN2O4+2. The number of benzene rings is 2. The first-order chi connectivity index (χ1) is 13.6. The number of nitrogens with zero attached hydrogens (tertiary/aromatic N) is 2.